The molecule has 23 heavy (non-hydrogen) atoms. The Labute approximate surface area is 134 Å². The van der Waals surface area contributed by atoms with Crippen molar-refractivity contribution in [1.29, 1.82) is 0 Å². The second kappa shape index (κ2) is 6.89. The van der Waals surface area contributed by atoms with Crippen molar-refractivity contribution in [3.05, 3.63) is 71.0 Å². The van der Waals surface area contributed by atoms with Gasteiger partial charge in [0.1, 0.15) is 5.82 Å². The van der Waals surface area contributed by atoms with Crippen LogP contribution < -0.4 is 10.6 Å². The van der Waals surface area contributed by atoms with E-state index in [9.17, 15) is 14.3 Å². The molecule has 1 aliphatic rings. The maximum atomic E-state index is 13.6. The normalized spacial score (nSPS) is 18.1. The largest absolute Gasteiger partial charge is 0.386 e. The molecule has 3 rings (SSSR count). The van der Waals surface area contributed by atoms with Crippen LogP contribution in [0.4, 0.5) is 4.39 Å². The fourth-order valence-corrected chi connectivity index (χ4v) is 2.82. The van der Waals surface area contributed by atoms with Crippen LogP contribution in [0, 0.1) is 5.82 Å². The van der Waals surface area contributed by atoms with Crippen LogP contribution in [0.3, 0.4) is 0 Å². The van der Waals surface area contributed by atoms with Crippen LogP contribution in [0.2, 0.25) is 0 Å². The third kappa shape index (κ3) is 3.57. The van der Waals surface area contributed by atoms with Crippen molar-refractivity contribution in [2.24, 2.45) is 0 Å². The molecular weight excluding hydrogens is 295 g/mol. The molecule has 1 aliphatic heterocycles. The third-order valence-electron chi connectivity index (χ3n) is 4.13. The van der Waals surface area contributed by atoms with Gasteiger partial charge in [0.2, 0.25) is 5.91 Å². The van der Waals surface area contributed by atoms with E-state index in [4.69, 9.17) is 0 Å². The lowest BCUT2D eigenvalue weighted by Gasteiger charge is -2.25. The molecule has 4 nitrogen and oxygen atoms in total. The Kier molecular flexibility index (Phi) is 4.69. The van der Waals surface area contributed by atoms with Crippen LogP contribution in [-0.2, 0) is 17.8 Å². The molecule has 1 amide bonds. The Morgan fingerprint density at radius 2 is 1.91 bits per heavy atom. The van der Waals surface area contributed by atoms with Crippen LogP contribution in [0.1, 0.15) is 22.8 Å². The summed E-state index contributed by atoms with van der Waals surface area (Å²) in [7, 11) is 0. The van der Waals surface area contributed by atoms with Gasteiger partial charge in [0.25, 0.3) is 0 Å². The molecular formula is C18H19FN2O2. The number of nitrogens with one attached hydrogen (secondary N) is 2. The lowest BCUT2D eigenvalue weighted by molar-refractivity contribution is -0.123. The predicted molar refractivity (Wildman–Crippen MR) is 85.1 cm³/mol. The number of amides is 1. The second-order valence-corrected chi connectivity index (χ2v) is 5.69. The Morgan fingerprint density at radius 1 is 1.22 bits per heavy atom. The van der Waals surface area contributed by atoms with Gasteiger partial charge in [-0.3, -0.25) is 4.79 Å². The van der Waals surface area contributed by atoms with Crippen LogP contribution in [0.15, 0.2) is 48.5 Å². The lowest BCUT2D eigenvalue weighted by atomic mass is 9.95. The van der Waals surface area contributed by atoms with Crippen LogP contribution >= 0.6 is 0 Å². The van der Waals surface area contributed by atoms with Gasteiger partial charge < -0.3 is 15.7 Å². The molecule has 0 aromatic heterocycles. The highest BCUT2D eigenvalue weighted by Crippen LogP contribution is 2.17. The van der Waals surface area contributed by atoms with Gasteiger partial charge in [-0.05, 0) is 23.6 Å². The maximum Gasteiger partial charge on any atom is 0.237 e. The molecule has 0 saturated heterocycles. The minimum atomic E-state index is -1.06. The summed E-state index contributed by atoms with van der Waals surface area (Å²) < 4.78 is 13.6. The van der Waals surface area contributed by atoms with E-state index in [0.717, 1.165) is 5.56 Å². The molecule has 2 atom stereocenters. The van der Waals surface area contributed by atoms with Gasteiger partial charge in [0.05, 0.1) is 12.1 Å². The highest BCUT2D eigenvalue weighted by molar-refractivity contribution is 5.82. The number of carbonyl (C=O) groups excluding carboxylic acids is 1. The summed E-state index contributed by atoms with van der Waals surface area (Å²) in [6.07, 6.45) is -0.450. The first-order chi connectivity index (χ1) is 11.1. The van der Waals surface area contributed by atoms with Crippen molar-refractivity contribution < 1.29 is 14.3 Å². The predicted octanol–water partition coefficient (Wildman–Crippen LogP) is 1.69. The van der Waals surface area contributed by atoms with E-state index >= 15 is 0 Å². The molecule has 120 valence electrons. The maximum absolute atomic E-state index is 13.6. The number of aliphatic hydroxyl groups is 1. The van der Waals surface area contributed by atoms with Gasteiger partial charge in [0.15, 0.2) is 0 Å². The number of aliphatic hydroxyl groups excluding tert-OH is 1. The molecule has 0 bridgehead atoms. The van der Waals surface area contributed by atoms with Crippen molar-refractivity contribution in [1.82, 2.24) is 10.6 Å². The molecule has 0 fully saturated rings. The van der Waals surface area contributed by atoms with Crippen molar-refractivity contribution in [3.8, 4) is 0 Å². The molecule has 0 radical (unpaired) electrons. The zero-order valence-electron chi connectivity index (χ0n) is 12.6. The first-order valence-corrected chi connectivity index (χ1v) is 7.65. The molecule has 0 spiro atoms. The number of benzene rings is 2. The summed E-state index contributed by atoms with van der Waals surface area (Å²) in [6.45, 7) is 0.629. The summed E-state index contributed by atoms with van der Waals surface area (Å²) >= 11 is 0. The monoisotopic (exact) mass is 314 g/mol. The van der Waals surface area contributed by atoms with Gasteiger partial charge in [-0.1, -0.05) is 42.5 Å². The molecule has 0 saturated carbocycles. The Morgan fingerprint density at radius 3 is 2.70 bits per heavy atom. The zero-order chi connectivity index (χ0) is 16.2. The number of halogens is 1. The average molecular weight is 314 g/mol. The first kappa shape index (κ1) is 15.6. The topological polar surface area (TPSA) is 61.4 Å². The van der Waals surface area contributed by atoms with Gasteiger partial charge in [-0.25, -0.2) is 4.39 Å². The Hall–Kier alpha value is -2.24. The summed E-state index contributed by atoms with van der Waals surface area (Å²) in [6, 6.07) is 13.7. The first-order valence-electron chi connectivity index (χ1n) is 7.65. The van der Waals surface area contributed by atoms with Crippen LogP contribution in [0.5, 0.6) is 0 Å². The zero-order valence-corrected chi connectivity index (χ0v) is 12.6. The Bertz CT molecular complexity index is 705. The van der Waals surface area contributed by atoms with Crippen molar-refractivity contribution in [2.75, 3.05) is 6.54 Å². The van der Waals surface area contributed by atoms with E-state index < -0.39 is 11.9 Å². The molecule has 5 heteroatoms. The molecule has 1 heterocycles. The average Bonchev–Trinajstić information content (AvgIpc) is 2.59. The van der Waals surface area contributed by atoms with Crippen molar-refractivity contribution in [3.63, 3.8) is 0 Å². The van der Waals surface area contributed by atoms with Gasteiger partial charge in [-0.2, -0.15) is 0 Å². The summed E-state index contributed by atoms with van der Waals surface area (Å²) in [4.78, 5) is 12.3. The number of fused-ring (bicyclic) bond motifs is 1. The summed E-state index contributed by atoms with van der Waals surface area (Å²) in [5, 5.41) is 15.9. The second-order valence-electron chi connectivity index (χ2n) is 5.69. The number of hydrogen-bond donors (Lipinski definition) is 3. The fraction of sp³-hybridized carbons (Fsp3) is 0.278. The standard InChI is InChI=1S/C18H19FN2O2/c19-15-8-4-3-7-14(15)17(22)11-21-18(23)16-9-12-5-1-2-6-13(12)10-20-16/h1-8,16-17,20,22H,9-11H2,(H,21,23)/t16-,17+/m1/s1. The van der Waals surface area contributed by atoms with E-state index in [1.165, 1.54) is 17.7 Å². The van der Waals surface area contributed by atoms with Gasteiger partial charge >= 0.3 is 0 Å². The Balaban J connectivity index is 1.57. The SMILES string of the molecule is O=C(NC[C@H](O)c1ccccc1F)[C@H]1Cc2ccccc2CN1. The van der Waals surface area contributed by atoms with Crippen LogP contribution in [-0.4, -0.2) is 23.6 Å². The van der Waals surface area contributed by atoms with Crippen molar-refractivity contribution in [2.45, 2.75) is 25.1 Å². The van der Waals surface area contributed by atoms with Crippen LogP contribution in [0.25, 0.3) is 0 Å². The van der Waals surface area contributed by atoms with Gasteiger partial charge in [0, 0.05) is 18.7 Å². The summed E-state index contributed by atoms with van der Waals surface area (Å²) in [5.41, 5.74) is 2.54. The minimum absolute atomic E-state index is 0.0143. The van der Waals surface area contributed by atoms with E-state index in [1.807, 2.05) is 24.3 Å². The smallest absolute Gasteiger partial charge is 0.237 e. The molecule has 3 N–H and O–H groups in total. The van der Waals surface area contributed by atoms with Gasteiger partial charge in [-0.15, -0.1) is 0 Å². The van der Waals surface area contributed by atoms with E-state index in [1.54, 1.807) is 12.1 Å². The fourth-order valence-electron chi connectivity index (χ4n) is 2.82. The van der Waals surface area contributed by atoms with E-state index in [2.05, 4.69) is 10.6 Å². The van der Waals surface area contributed by atoms with E-state index in [0.29, 0.717) is 13.0 Å². The lowest BCUT2D eigenvalue weighted by Crippen LogP contribution is -2.48. The quantitative estimate of drug-likeness (QED) is 0.805. The molecule has 0 unspecified atom stereocenters. The third-order valence-corrected chi connectivity index (χ3v) is 4.13. The molecule has 2 aromatic rings. The number of rotatable bonds is 4. The molecule has 2 aromatic carbocycles. The molecule has 0 aliphatic carbocycles. The highest BCUT2D eigenvalue weighted by atomic mass is 19.1. The van der Waals surface area contributed by atoms with Crippen molar-refractivity contribution >= 4 is 5.91 Å². The number of carbonyl (C=O) groups is 1. The van der Waals surface area contributed by atoms with E-state index in [-0.39, 0.29) is 24.1 Å². The highest BCUT2D eigenvalue weighted by Gasteiger charge is 2.24. The number of hydrogen-bond acceptors (Lipinski definition) is 3. The summed E-state index contributed by atoms with van der Waals surface area (Å²) in [5.74, 6) is -0.658. The minimum Gasteiger partial charge on any atom is -0.386 e.